The van der Waals surface area contributed by atoms with Crippen molar-refractivity contribution in [3.63, 3.8) is 0 Å². The predicted octanol–water partition coefficient (Wildman–Crippen LogP) is 1.58. The van der Waals surface area contributed by atoms with Crippen molar-refractivity contribution >= 4 is 23.2 Å². The molecule has 2 atom stereocenters. The fourth-order valence-corrected chi connectivity index (χ4v) is 3.00. The fourth-order valence-electron chi connectivity index (χ4n) is 2.17. The van der Waals surface area contributed by atoms with Gasteiger partial charge in [-0.1, -0.05) is 19.1 Å². The van der Waals surface area contributed by atoms with Gasteiger partial charge in [0.1, 0.15) is 11.9 Å². The van der Waals surface area contributed by atoms with Gasteiger partial charge in [-0.3, -0.25) is 9.59 Å². The summed E-state index contributed by atoms with van der Waals surface area (Å²) in [4.78, 5) is 23.7. The Labute approximate surface area is 143 Å². The average Bonchev–Trinajstić information content (AvgIpc) is 3.00. The number of rotatable bonds is 7. The van der Waals surface area contributed by atoms with Crippen molar-refractivity contribution in [3.8, 4) is 0 Å². The number of carbonyl (C=O) groups excluding carboxylic acids is 2. The summed E-state index contributed by atoms with van der Waals surface area (Å²) in [5.74, 6) is -2.52. The summed E-state index contributed by atoms with van der Waals surface area (Å²) in [5, 5.41) is 14.1. The molecule has 0 aliphatic rings. The minimum atomic E-state index is -1.50. The van der Waals surface area contributed by atoms with Crippen molar-refractivity contribution in [2.75, 3.05) is 0 Å². The Balaban J connectivity index is 1.88. The molecule has 1 aromatic carbocycles. The number of carbonyl (C=O) groups is 2. The molecule has 7 heteroatoms. The Bertz CT molecular complexity index is 715. The highest BCUT2D eigenvalue weighted by atomic mass is 32.1. The minimum Gasteiger partial charge on any atom is -0.382 e. The number of aliphatic hydroxyl groups is 1. The first-order valence-corrected chi connectivity index (χ1v) is 8.30. The van der Waals surface area contributed by atoms with Crippen molar-refractivity contribution in [2.45, 2.75) is 26.0 Å². The number of primary amides is 1. The molecular formula is C17H19FN2O3S. The van der Waals surface area contributed by atoms with Crippen LogP contribution < -0.4 is 11.1 Å². The van der Waals surface area contributed by atoms with Crippen molar-refractivity contribution < 1.29 is 19.1 Å². The molecular weight excluding hydrogens is 331 g/mol. The summed E-state index contributed by atoms with van der Waals surface area (Å²) in [5.41, 5.74) is 7.05. The van der Waals surface area contributed by atoms with Crippen molar-refractivity contribution in [2.24, 2.45) is 11.7 Å². The number of aliphatic hydroxyl groups excluding tert-OH is 1. The standard InChI is InChI=1S/C17H19FN2O3S/c1-10(15(21)16(19)22)17(23)20-8-14-7-12(9-24-14)6-11-2-4-13(18)5-3-11/h2-5,7,9-10,15,21H,6,8H2,1H3,(H2,19,22)(H,20,23)/t10?,15-/m1/s1. The van der Waals surface area contributed by atoms with E-state index in [4.69, 9.17) is 5.73 Å². The summed E-state index contributed by atoms with van der Waals surface area (Å²) in [6, 6.07) is 8.29. The third-order valence-corrected chi connectivity index (χ3v) is 4.63. The Morgan fingerprint density at radius 2 is 1.96 bits per heavy atom. The predicted molar refractivity (Wildman–Crippen MR) is 89.7 cm³/mol. The van der Waals surface area contributed by atoms with Crippen LogP contribution in [0.15, 0.2) is 35.7 Å². The van der Waals surface area contributed by atoms with Gasteiger partial charge in [0.15, 0.2) is 0 Å². The number of benzene rings is 1. The van der Waals surface area contributed by atoms with E-state index in [1.54, 1.807) is 12.1 Å². The molecule has 0 spiro atoms. The number of hydrogen-bond acceptors (Lipinski definition) is 4. The maximum Gasteiger partial charge on any atom is 0.247 e. The van der Waals surface area contributed by atoms with Crippen LogP contribution in [0.5, 0.6) is 0 Å². The molecule has 0 fully saturated rings. The Hall–Kier alpha value is -2.25. The van der Waals surface area contributed by atoms with Gasteiger partial charge in [-0.25, -0.2) is 4.39 Å². The summed E-state index contributed by atoms with van der Waals surface area (Å²) in [6.07, 6.45) is -0.816. The maximum atomic E-state index is 12.9. The third kappa shape index (κ3) is 4.87. The summed E-state index contributed by atoms with van der Waals surface area (Å²) in [6.45, 7) is 1.75. The zero-order chi connectivity index (χ0) is 17.7. The number of nitrogens with one attached hydrogen (secondary N) is 1. The van der Waals surface area contributed by atoms with Gasteiger partial charge in [0.25, 0.3) is 0 Å². The Kier molecular flexibility index (Phi) is 6.05. The maximum absolute atomic E-state index is 12.9. The van der Waals surface area contributed by atoms with Gasteiger partial charge in [-0.15, -0.1) is 11.3 Å². The van der Waals surface area contributed by atoms with E-state index in [0.717, 1.165) is 16.0 Å². The number of amides is 2. The molecule has 0 aliphatic heterocycles. The first-order valence-electron chi connectivity index (χ1n) is 7.42. The van der Waals surface area contributed by atoms with Gasteiger partial charge in [-0.2, -0.15) is 0 Å². The third-order valence-electron chi connectivity index (χ3n) is 3.65. The van der Waals surface area contributed by atoms with Crippen LogP contribution in [0.4, 0.5) is 4.39 Å². The lowest BCUT2D eigenvalue weighted by molar-refractivity contribution is -0.137. The normalized spacial score (nSPS) is 13.3. The molecule has 0 radical (unpaired) electrons. The van der Waals surface area contributed by atoms with E-state index in [1.165, 1.54) is 30.4 Å². The summed E-state index contributed by atoms with van der Waals surface area (Å²) < 4.78 is 12.9. The minimum absolute atomic E-state index is 0.264. The number of hydrogen-bond donors (Lipinski definition) is 3. The van der Waals surface area contributed by atoms with E-state index in [-0.39, 0.29) is 5.82 Å². The van der Waals surface area contributed by atoms with Crippen LogP contribution in [-0.4, -0.2) is 23.0 Å². The molecule has 0 bridgehead atoms. The quantitative estimate of drug-likeness (QED) is 0.708. The highest BCUT2D eigenvalue weighted by Gasteiger charge is 2.26. The van der Waals surface area contributed by atoms with Crippen LogP contribution in [0.3, 0.4) is 0 Å². The van der Waals surface area contributed by atoms with Crippen LogP contribution in [0, 0.1) is 11.7 Å². The SMILES string of the molecule is CC(C(=O)NCc1cc(Cc2ccc(F)cc2)cs1)[C@@H](O)C(N)=O. The molecule has 1 unspecified atom stereocenters. The first kappa shape index (κ1) is 18.1. The first-order chi connectivity index (χ1) is 11.4. The molecule has 1 aromatic heterocycles. The summed E-state index contributed by atoms with van der Waals surface area (Å²) >= 11 is 1.50. The molecule has 5 nitrogen and oxygen atoms in total. The fraction of sp³-hybridized carbons (Fsp3) is 0.294. The van der Waals surface area contributed by atoms with Gasteiger partial charge >= 0.3 is 0 Å². The highest BCUT2D eigenvalue weighted by Crippen LogP contribution is 2.18. The lowest BCUT2D eigenvalue weighted by Gasteiger charge is -2.15. The van der Waals surface area contributed by atoms with E-state index in [2.05, 4.69) is 5.32 Å². The highest BCUT2D eigenvalue weighted by molar-refractivity contribution is 7.10. The van der Waals surface area contributed by atoms with Crippen LogP contribution in [0.1, 0.15) is 22.9 Å². The van der Waals surface area contributed by atoms with Crippen LogP contribution >= 0.6 is 11.3 Å². The second kappa shape index (κ2) is 8.03. The topological polar surface area (TPSA) is 92.4 Å². The molecule has 4 N–H and O–H groups in total. The van der Waals surface area contributed by atoms with E-state index < -0.39 is 23.8 Å². The monoisotopic (exact) mass is 350 g/mol. The second-order valence-electron chi connectivity index (χ2n) is 5.58. The molecule has 0 aliphatic carbocycles. The molecule has 0 saturated heterocycles. The lowest BCUT2D eigenvalue weighted by atomic mass is 10.0. The van der Waals surface area contributed by atoms with Gasteiger partial charge in [-0.05, 0) is 41.1 Å². The van der Waals surface area contributed by atoms with Crippen molar-refractivity contribution in [1.82, 2.24) is 5.32 Å². The average molecular weight is 350 g/mol. The molecule has 2 aromatic rings. The largest absolute Gasteiger partial charge is 0.382 e. The van der Waals surface area contributed by atoms with E-state index >= 15 is 0 Å². The number of halogens is 1. The van der Waals surface area contributed by atoms with E-state index in [9.17, 15) is 19.1 Å². The van der Waals surface area contributed by atoms with Crippen LogP contribution in [0.25, 0.3) is 0 Å². The number of nitrogens with two attached hydrogens (primary N) is 1. The van der Waals surface area contributed by atoms with Gasteiger partial charge < -0.3 is 16.2 Å². The van der Waals surface area contributed by atoms with Crippen molar-refractivity contribution in [1.29, 1.82) is 0 Å². The molecule has 128 valence electrons. The van der Waals surface area contributed by atoms with Crippen LogP contribution in [-0.2, 0) is 22.6 Å². The van der Waals surface area contributed by atoms with E-state index in [0.29, 0.717) is 13.0 Å². The Morgan fingerprint density at radius 1 is 1.29 bits per heavy atom. The molecule has 2 rings (SSSR count). The van der Waals surface area contributed by atoms with E-state index in [1.807, 2.05) is 11.4 Å². The van der Waals surface area contributed by atoms with Crippen molar-refractivity contribution in [3.05, 3.63) is 57.5 Å². The van der Waals surface area contributed by atoms with Gasteiger partial charge in [0.2, 0.25) is 11.8 Å². The van der Waals surface area contributed by atoms with Gasteiger partial charge in [0.05, 0.1) is 12.5 Å². The molecule has 0 saturated carbocycles. The zero-order valence-electron chi connectivity index (χ0n) is 13.2. The van der Waals surface area contributed by atoms with Gasteiger partial charge in [0, 0.05) is 4.88 Å². The summed E-state index contributed by atoms with van der Waals surface area (Å²) in [7, 11) is 0. The lowest BCUT2D eigenvalue weighted by Crippen LogP contribution is -2.42. The number of thiophene rings is 1. The second-order valence-corrected chi connectivity index (χ2v) is 6.57. The smallest absolute Gasteiger partial charge is 0.247 e. The zero-order valence-corrected chi connectivity index (χ0v) is 14.0. The van der Waals surface area contributed by atoms with Crippen LogP contribution in [0.2, 0.25) is 0 Å². The Morgan fingerprint density at radius 3 is 2.58 bits per heavy atom. The molecule has 1 heterocycles. The molecule has 24 heavy (non-hydrogen) atoms. The molecule has 2 amide bonds.